The summed E-state index contributed by atoms with van der Waals surface area (Å²) in [5, 5.41) is 1.25. The summed E-state index contributed by atoms with van der Waals surface area (Å²) in [5.41, 5.74) is 2.71. The Balaban J connectivity index is 2.58. The molecule has 0 aliphatic carbocycles. The Labute approximate surface area is 98.7 Å². The summed E-state index contributed by atoms with van der Waals surface area (Å²) in [4.78, 5) is 4.30. The molecule has 0 bridgehead atoms. The molecule has 0 atom stereocenters. The third-order valence-corrected chi connectivity index (χ3v) is 2.76. The number of pyridine rings is 1. The van der Waals surface area contributed by atoms with Crippen LogP contribution in [0.25, 0.3) is 11.3 Å². The van der Waals surface area contributed by atoms with E-state index in [4.69, 9.17) is 23.2 Å². The lowest BCUT2D eigenvalue weighted by Gasteiger charge is -2.05. The van der Waals surface area contributed by atoms with Gasteiger partial charge in [-0.3, -0.25) is 4.98 Å². The average Bonchev–Trinajstić information content (AvgIpc) is 2.20. The highest BCUT2D eigenvalue weighted by Gasteiger charge is 2.08. The monoisotopic (exact) mass is 237 g/mol. The summed E-state index contributed by atoms with van der Waals surface area (Å²) in [6.45, 7) is 1.99. The molecule has 2 aromatic rings. The van der Waals surface area contributed by atoms with Crippen LogP contribution >= 0.6 is 23.2 Å². The minimum absolute atomic E-state index is 0.624. The summed E-state index contributed by atoms with van der Waals surface area (Å²) in [7, 11) is 0. The van der Waals surface area contributed by atoms with Crippen molar-refractivity contribution in [3.8, 4) is 11.3 Å². The van der Waals surface area contributed by atoms with E-state index in [1.807, 2.05) is 37.3 Å². The van der Waals surface area contributed by atoms with Crippen molar-refractivity contribution < 1.29 is 0 Å². The zero-order chi connectivity index (χ0) is 10.8. The van der Waals surface area contributed by atoms with Gasteiger partial charge in [0.2, 0.25) is 0 Å². The number of rotatable bonds is 1. The lowest BCUT2D eigenvalue weighted by Crippen LogP contribution is -1.86. The van der Waals surface area contributed by atoms with E-state index < -0.39 is 0 Å². The second-order valence-corrected chi connectivity index (χ2v) is 4.13. The second-order valence-electron chi connectivity index (χ2n) is 3.32. The third kappa shape index (κ3) is 2.14. The van der Waals surface area contributed by atoms with Gasteiger partial charge in [0.05, 0.1) is 15.7 Å². The highest BCUT2D eigenvalue weighted by molar-refractivity contribution is 6.39. The summed E-state index contributed by atoms with van der Waals surface area (Å²) < 4.78 is 0. The van der Waals surface area contributed by atoms with Gasteiger partial charge >= 0.3 is 0 Å². The molecule has 76 valence electrons. The highest BCUT2D eigenvalue weighted by atomic mass is 35.5. The highest BCUT2D eigenvalue weighted by Crippen LogP contribution is 2.33. The van der Waals surface area contributed by atoms with E-state index in [2.05, 4.69) is 4.98 Å². The van der Waals surface area contributed by atoms with Crippen molar-refractivity contribution in [3.05, 3.63) is 52.1 Å². The van der Waals surface area contributed by atoms with Gasteiger partial charge in [-0.05, 0) is 30.7 Å². The normalized spacial score (nSPS) is 10.3. The first-order valence-corrected chi connectivity index (χ1v) is 5.31. The van der Waals surface area contributed by atoms with Crippen LogP contribution in [0.15, 0.2) is 36.5 Å². The minimum atomic E-state index is 0.624. The van der Waals surface area contributed by atoms with Gasteiger partial charge in [-0.2, -0.15) is 0 Å². The summed E-state index contributed by atoms with van der Waals surface area (Å²) >= 11 is 12.2. The fraction of sp³-hybridized carbons (Fsp3) is 0.0833. The van der Waals surface area contributed by atoms with E-state index in [0.717, 1.165) is 16.8 Å². The van der Waals surface area contributed by atoms with Crippen molar-refractivity contribution in [1.29, 1.82) is 0 Å². The van der Waals surface area contributed by atoms with Gasteiger partial charge in [-0.15, -0.1) is 0 Å². The molecule has 0 spiro atoms. The molecule has 0 aliphatic rings. The molecule has 0 unspecified atom stereocenters. The Bertz CT molecular complexity index is 457. The molecule has 0 saturated heterocycles. The minimum Gasteiger partial charge on any atom is -0.256 e. The Morgan fingerprint density at radius 1 is 1.00 bits per heavy atom. The largest absolute Gasteiger partial charge is 0.256 e. The van der Waals surface area contributed by atoms with Gasteiger partial charge in [0.15, 0.2) is 0 Å². The van der Waals surface area contributed by atoms with E-state index in [0.29, 0.717) is 10.0 Å². The van der Waals surface area contributed by atoms with Crippen LogP contribution in [-0.4, -0.2) is 4.98 Å². The lowest BCUT2D eigenvalue weighted by molar-refractivity contribution is 1.27. The fourth-order valence-electron chi connectivity index (χ4n) is 1.36. The maximum Gasteiger partial charge on any atom is 0.0732 e. The van der Waals surface area contributed by atoms with E-state index in [9.17, 15) is 0 Å². The molecule has 0 radical (unpaired) electrons. The Morgan fingerprint density at radius 3 is 2.20 bits per heavy atom. The van der Waals surface area contributed by atoms with Crippen molar-refractivity contribution in [1.82, 2.24) is 4.98 Å². The molecule has 0 saturated carbocycles. The smallest absolute Gasteiger partial charge is 0.0732 e. The van der Waals surface area contributed by atoms with Crippen LogP contribution in [0, 0.1) is 6.92 Å². The molecular formula is C12H9Cl2N. The maximum atomic E-state index is 6.08. The number of hydrogen-bond donors (Lipinski definition) is 0. The number of nitrogens with zero attached hydrogens (tertiary/aromatic N) is 1. The van der Waals surface area contributed by atoms with Crippen molar-refractivity contribution in [2.75, 3.05) is 0 Å². The SMILES string of the molecule is Cc1ccc(-c2c(Cl)cccc2Cl)nc1. The van der Waals surface area contributed by atoms with E-state index >= 15 is 0 Å². The topological polar surface area (TPSA) is 12.9 Å². The number of aromatic nitrogens is 1. The van der Waals surface area contributed by atoms with Gasteiger partial charge in [0, 0.05) is 11.8 Å². The number of benzene rings is 1. The Kier molecular flexibility index (Phi) is 2.94. The summed E-state index contributed by atoms with van der Waals surface area (Å²) in [6.07, 6.45) is 1.80. The molecule has 2 rings (SSSR count). The number of hydrogen-bond acceptors (Lipinski definition) is 1. The predicted molar refractivity (Wildman–Crippen MR) is 64.4 cm³/mol. The molecule has 0 amide bonds. The van der Waals surface area contributed by atoms with Crippen LogP contribution in [0.5, 0.6) is 0 Å². The lowest BCUT2D eigenvalue weighted by atomic mass is 10.1. The van der Waals surface area contributed by atoms with E-state index in [1.54, 1.807) is 6.20 Å². The molecule has 3 heteroatoms. The fourth-order valence-corrected chi connectivity index (χ4v) is 1.95. The summed E-state index contributed by atoms with van der Waals surface area (Å²) in [6, 6.07) is 9.35. The van der Waals surface area contributed by atoms with Crippen LogP contribution in [0.2, 0.25) is 10.0 Å². The molecule has 15 heavy (non-hydrogen) atoms. The predicted octanol–water partition coefficient (Wildman–Crippen LogP) is 4.36. The van der Waals surface area contributed by atoms with Crippen LogP contribution in [-0.2, 0) is 0 Å². The zero-order valence-corrected chi connectivity index (χ0v) is 9.68. The van der Waals surface area contributed by atoms with Crippen LogP contribution in [0.4, 0.5) is 0 Å². The molecular weight excluding hydrogens is 229 g/mol. The first-order valence-electron chi connectivity index (χ1n) is 4.55. The molecule has 1 aromatic heterocycles. The first-order chi connectivity index (χ1) is 7.18. The maximum absolute atomic E-state index is 6.08. The molecule has 1 nitrogen and oxygen atoms in total. The van der Waals surface area contributed by atoms with Gasteiger partial charge in [0.25, 0.3) is 0 Å². The van der Waals surface area contributed by atoms with Crippen molar-refractivity contribution in [2.45, 2.75) is 6.92 Å². The number of halogens is 2. The van der Waals surface area contributed by atoms with Gasteiger partial charge in [0.1, 0.15) is 0 Å². The molecule has 1 heterocycles. The molecule has 0 N–H and O–H groups in total. The third-order valence-electron chi connectivity index (χ3n) is 2.13. The van der Waals surface area contributed by atoms with Crippen molar-refractivity contribution >= 4 is 23.2 Å². The second kappa shape index (κ2) is 4.21. The van der Waals surface area contributed by atoms with Crippen molar-refractivity contribution in [2.24, 2.45) is 0 Å². The zero-order valence-electron chi connectivity index (χ0n) is 8.17. The molecule has 0 aliphatic heterocycles. The van der Waals surface area contributed by atoms with Gasteiger partial charge in [-0.25, -0.2) is 0 Å². The van der Waals surface area contributed by atoms with Crippen LogP contribution in [0.3, 0.4) is 0 Å². The molecule has 1 aromatic carbocycles. The van der Waals surface area contributed by atoms with Crippen LogP contribution in [0.1, 0.15) is 5.56 Å². The number of aryl methyl sites for hydroxylation is 1. The van der Waals surface area contributed by atoms with Crippen LogP contribution < -0.4 is 0 Å². The van der Waals surface area contributed by atoms with Gasteiger partial charge in [-0.1, -0.05) is 35.3 Å². The quantitative estimate of drug-likeness (QED) is 0.719. The molecule has 0 fully saturated rings. The van der Waals surface area contributed by atoms with E-state index in [-0.39, 0.29) is 0 Å². The first kappa shape index (κ1) is 10.5. The van der Waals surface area contributed by atoms with Gasteiger partial charge < -0.3 is 0 Å². The average molecular weight is 238 g/mol. The van der Waals surface area contributed by atoms with E-state index in [1.165, 1.54) is 0 Å². The summed E-state index contributed by atoms with van der Waals surface area (Å²) in [5.74, 6) is 0. The Morgan fingerprint density at radius 2 is 1.67 bits per heavy atom. The Hall–Kier alpha value is -1.05. The standard InChI is InChI=1S/C12H9Cl2N/c1-8-5-6-11(15-7-8)12-9(13)3-2-4-10(12)14/h2-7H,1H3. The van der Waals surface area contributed by atoms with Crippen molar-refractivity contribution in [3.63, 3.8) is 0 Å².